The molecule has 1 atom stereocenters. The summed E-state index contributed by atoms with van der Waals surface area (Å²) in [4.78, 5) is 12.2. The van der Waals surface area contributed by atoms with Gasteiger partial charge in [-0.3, -0.25) is 4.79 Å². The molecule has 1 N–H and O–H groups in total. The summed E-state index contributed by atoms with van der Waals surface area (Å²) in [6.45, 7) is 1.81. The maximum atomic E-state index is 13.7. The number of carbonyl (C=O) groups excluding carboxylic acids is 1. The van der Waals surface area contributed by atoms with Crippen LogP contribution in [0, 0.1) is 12.7 Å². The van der Waals surface area contributed by atoms with Crippen LogP contribution >= 0.6 is 11.6 Å². The number of rotatable bonds is 4. The standard InChI is InChI=1S/C16H15ClFNO/c1-11-7-8-14(18)13(9-11)16(20)19-15(10-17)12-5-3-2-4-6-12/h2-9,15H,10H2,1H3,(H,19,20). The first-order chi connectivity index (χ1) is 9.61. The molecule has 0 spiro atoms. The lowest BCUT2D eigenvalue weighted by Gasteiger charge is -2.17. The van der Waals surface area contributed by atoms with Crippen LogP contribution < -0.4 is 5.32 Å². The normalized spacial score (nSPS) is 11.9. The highest BCUT2D eigenvalue weighted by molar-refractivity contribution is 6.18. The van der Waals surface area contributed by atoms with Crippen molar-refractivity contribution in [2.24, 2.45) is 0 Å². The smallest absolute Gasteiger partial charge is 0.254 e. The molecule has 2 aromatic carbocycles. The third-order valence-electron chi connectivity index (χ3n) is 3.03. The summed E-state index contributed by atoms with van der Waals surface area (Å²) in [6, 6.07) is 13.5. The number of alkyl halides is 1. The van der Waals surface area contributed by atoms with Crippen molar-refractivity contribution in [2.45, 2.75) is 13.0 Å². The van der Waals surface area contributed by atoms with E-state index in [9.17, 15) is 9.18 Å². The van der Waals surface area contributed by atoms with Crippen molar-refractivity contribution in [3.63, 3.8) is 0 Å². The quantitative estimate of drug-likeness (QED) is 0.852. The summed E-state index contributed by atoms with van der Waals surface area (Å²) in [6.07, 6.45) is 0. The summed E-state index contributed by atoms with van der Waals surface area (Å²) in [5.74, 6) is -0.765. The molecule has 1 unspecified atom stereocenters. The molecule has 0 bridgehead atoms. The minimum Gasteiger partial charge on any atom is -0.344 e. The molecular formula is C16H15ClFNO. The molecule has 20 heavy (non-hydrogen) atoms. The molecule has 2 rings (SSSR count). The van der Waals surface area contributed by atoms with Gasteiger partial charge in [-0.25, -0.2) is 4.39 Å². The van der Waals surface area contributed by atoms with E-state index in [2.05, 4.69) is 5.32 Å². The molecule has 0 aliphatic carbocycles. The van der Waals surface area contributed by atoms with Crippen molar-refractivity contribution in [1.82, 2.24) is 5.32 Å². The molecular weight excluding hydrogens is 277 g/mol. The predicted octanol–water partition coefficient (Wildman–Crippen LogP) is 3.84. The zero-order chi connectivity index (χ0) is 14.5. The topological polar surface area (TPSA) is 29.1 Å². The monoisotopic (exact) mass is 291 g/mol. The molecule has 0 aromatic heterocycles. The molecule has 2 aromatic rings. The van der Waals surface area contributed by atoms with Gasteiger partial charge in [-0.2, -0.15) is 0 Å². The first-order valence-corrected chi connectivity index (χ1v) is 6.83. The van der Waals surface area contributed by atoms with Gasteiger partial charge in [0, 0.05) is 5.88 Å². The van der Waals surface area contributed by atoms with E-state index in [1.807, 2.05) is 37.3 Å². The zero-order valence-electron chi connectivity index (χ0n) is 11.1. The number of halogens is 2. The Morgan fingerprint density at radius 3 is 2.60 bits per heavy atom. The molecule has 0 aliphatic rings. The predicted molar refractivity (Wildman–Crippen MR) is 78.5 cm³/mol. The summed E-state index contributed by atoms with van der Waals surface area (Å²) >= 11 is 5.90. The number of aryl methyl sites for hydroxylation is 1. The van der Waals surface area contributed by atoms with Crippen molar-refractivity contribution in [3.05, 3.63) is 71.0 Å². The fraction of sp³-hybridized carbons (Fsp3) is 0.188. The fourth-order valence-corrected chi connectivity index (χ4v) is 2.20. The lowest BCUT2D eigenvalue weighted by Crippen LogP contribution is -2.30. The number of hydrogen-bond donors (Lipinski definition) is 1. The Labute approximate surface area is 122 Å². The van der Waals surface area contributed by atoms with Crippen molar-refractivity contribution >= 4 is 17.5 Å². The molecule has 0 aliphatic heterocycles. The van der Waals surface area contributed by atoms with E-state index in [1.54, 1.807) is 6.07 Å². The highest BCUT2D eigenvalue weighted by atomic mass is 35.5. The molecule has 2 nitrogen and oxygen atoms in total. The summed E-state index contributed by atoms with van der Waals surface area (Å²) in [5.41, 5.74) is 1.76. The van der Waals surface area contributed by atoms with Gasteiger partial charge in [-0.1, -0.05) is 42.0 Å². The van der Waals surface area contributed by atoms with Crippen molar-refractivity contribution in [2.75, 3.05) is 5.88 Å². The molecule has 0 saturated heterocycles. The maximum Gasteiger partial charge on any atom is 0.254 e. The molecule has 0 fully saturated rings. The van der Waals surface area contributed by atoms with E-state index in [0.29, 0.717) is 0 Å². The minimum atomic E-state index is -0.533. The first kappa shape index (κ1) is 14.5. The Morgan fingerprint density at radius 1 is 1.25 bits per heavy atom. The van der Waals surface area contributed by atoms with Gasteiger partial charge in [0.25, 0.3) is 5.91 Å². The van der Waals surface area contributed by atoms with E-state index in [1.165, 1.54) is 12.1 Å². The van der Waals surface area contributed by atoms with Gasteiger partial charge in [0.2, 0.25) is 0 Å². The van der Waals surface area contributed by atoms with Gasteiger partial charge in [-0.05, 0) is 24.6 Å². The molecule has 1 amide bonds. The minimum absolute atomic E-state index is 0.0380. The van der Waals surface area contributed by atoms with Crippen LogP contribution in [0.4, 0.5) is 4.39 Å². The SMILES string of the molecule is Cc1ccc(F)c(C(=O)NC(CCl)c2ccccc2)c1. The maximum absolute atomic E-state index is 13.7. The average Bonchev–Trinajstić information content (AvgIpc) is 2.48. The number of benzene rings is 2. The zero-order valence-corrected chi connectivity index (χ0v) is 11.8. The van der Waals surface area contributed by atoms with Crippen LogP contribution in [-0.2, 0) is 0 Å². The third kappa shape index (κ3) is 3.36. The van der Waals surface area contributed by atoms with Crippen LogP contribution in [-0.4, -0.2) is 11.8 Å². The molecule has 4 heteroatoms. The Bertz CT molecular complexity index is 601. The van der Waals surface area contributed by atoms with Crippen LogP contribution in [0.5, 0.6) is 0 Å². The number of hydrogen-bond acceptors (Lipinski definition) is 1. The second kappa shape index (κ2) is 6.53. The van der Waals surface area contributed by atoms with Crippen molar-refractivity contribution in [3.8, 4) is 0 Å². The Morgan fingerprint density at radius 2 is 1.95 bits per heavy atom. The van der Waals surface area contributed by atoms with E-state index in [-0.39, 0.29) is 17.5 Å². The third-order valence-corrected chi connectivity index (χ3v) is 3.34. The Hall–Kier alpha value is -1.87. The van der Waals surface area contributed by atoms with Crippen LogP contribution in [0.15, 0.2) is 48.5 Å². The van der Waals surface area contributed by atoms with Crippen molar-refractivity contribution in [1.29, 1.82) is 0 Å². The van der Waals surface area contributed by atoms with E-state index < -0.39 is 11.7 Å². The fourth-order valence-electron chi connectivity index (χ4n) is 1.95. The Balaban J connectivity index is 2.20. The van der Waals surface area contributed by atoms with E-state index in [4.69, 9.17) is 11.6 Å². The molecule has 0 radical (unpaired) electrons. The first-order valence-electron chi connectivity index (χ1n) is 6.29. The molecule has 104 valence electrons. The lowest BCUT2D eigenvalue weighted by molar-refractivity contribution is 0.0936. The second-order valence-corrected chi connectivity index (χ2v) is 4.88. The lowest BCUT2D eigenvalue weighted by atomic mass is 10.1. The number of amides is 1. The highest BCUT2D eigenvalue weighted by Gasteiger charge is 2.17. The van der Waals surface area contributed by atoms with Crippen LogP contribution in [0.1, 0.15) is 27.5 Å². The van der Waals surface area contributed by atoms with E-state index >= 15 is 0 Å². The second-order valence-electron chi connectivity index (χ2n) is 4.57. The largest absolute Gasteiger partial charge is 0.344 e. The molecule has 0 heterocycles. The van der Waals surface area contributed by atoms with Crippen LogP contribution in [0.3, 0.4) is 0 Å². The average molecular weight is 292 g/mol. The van der Waals surface area contributed by atoms with Gasteiger partial charge in [0.05, 0.1) is 11.6 Å². The molecule has 0 saturated carbocycles. The van der Waals surface area contributed by atoms with Gasteiger partial charge < -0.3 is 5.32 Å². The van der Waals surface area contributed by atoms with E-state index in [0.717, 1.165) is 11.1 Å². The van der Waals surface area contributed by atoms with Gasteiger partial charge >= 0.3 is 0 Å². The van der Waals surface area contributed by atoms with Crippen LogP contribution in [0.2, 0.25) is 0 Å². The van der Waals surface area contributed by atoms with Gasteiger partial charge in [0.15, 0.2) is 0 Å². The summed E-state index contributed by atoms with van der Waals surface area (Å²) < 4.78 is 13.7. The number of nitrogens with one attached hydrogen (secondary N) is 1. The number of carbonyl (C=O) groups is 1. The summed E-state index contributed by atoms with van der Waals surface area (Å²) in [5, 5.41) is 2.76. The van der Waals surface area contributed by atoms with Crippen LogP contribution in [0.25, 0.3) is 0 Å². The Kier molecular flexibility index (Phi) is 4.74. The van der Waals surface area contributed by atoms with Crippen molar-refractivity contribution < 1.29 is 9.18 Å². The van der Waals surface area contributed by atoms with Gasteiger partial charge in [-0.15, -0.1) is 11.6 Å². The summed E-state index contributed by atoms with van der Waals surface area (Å²) in [7, 11) is 0. The highest BCUT2D eigenvalue weighted by Crippen LogP contribution is 2.16. The van der Waals surface area contributed by atoms with Gasteiger partial charge in [0.1, 0.15) is 5.82 Å².